The summed E-state index contributed by atoms with van der Waals surface area (Å²) < 4.78 is 0. The zero-order chi connectivity index (χ0) is 12.8. The van der Waals surface area contributed by atoms with E-state index < -0.39 is 11.2 Å². The molecule has 0 aliphatic heterocycles. The molecular formula is C12H16N2O3. The van der Waals surface area contributed by atoms with Gasteiger partial charge in [0.05, 0.1) is 5.69 Å². The minimum Gasteiger partial charge on any atom is -0.307 e. The molecule has 0 saturated heterocycles. The highest BCUT2D eigenvalue weighted by molar-refractivity contribution is 5.93. The molecule has 0 saturated carbocycles. The number of carbonyl (C=O) groups excluding carboxylic acids is 1. The number of aromatic nitrogens is 2. The van der Waals surface area contributed by atoms with Gasteiger partial charge in [-0.05, 0) is 25.5 Å². The van der Waals surface area contributed by atoms with Crippen molar-refractivity contribution in [3.8, 4) is 0 Å². The lowest BCUT2D eigenvalue weighted by molar-refractivity contribution is -0.114. The van der Waals surface area contributed by atoms with E-state index in [1.165, 1.54) is 12.2 Å². The number of aromatic amines is 2. The molecule has 0 radical (unpaired) electrons. The molecule has 1 aromatic rings. The number of carbonyl (C=O) groups is 1. The first kappa shape index (κ1) is 13.2. The summed E-state index contributed by atoms with van der Waals surface area (Å²) >= 11 is 0. The maximum atomic E-state index is 11.4. The standard InChI is InChI=1S/C12H16N2O3/c1-3-4-5-9(15)6-7-10-8(2)11(16)14-12(17)13-10/h6-7H,3-5H2,1-2H3,(H2,13,14,16,17)/b7-6+. The summed E-state index contributed by atoms with van der Waals surface area (Å²) in [6.07, 6.45) is 5.16. The molecule has 2 N–H and O–H groups in total. The average Bonchev–Trinajstić information content (AvgIpc) is 2.29. The number of rotatable bonds is 5. The summed E-state index contributed by atoms with van der Waals surface area (Å²) in [4.78, 5) is 38.3. The number of allylic oxidation sites excluding steroid dienone is 1. The van der Waals surface area contributed by atoms with Gasteiger partial charge in [0.2, 0.25) is 0 Å². The molecular weight excluding hydrogens is 220 g/mol. The first-order valence-corrected chi connectivity index (χ1v) is 5.58. The van der Waals surface area contributed by atoms with Gasteiger partial charge in [-0.3, -0.25) is 14.6 Å². The maximum Gasteiger partial charge on any atom is 0.326 e. The Morgan fingerprint density at radius 3 is 2.65 bits per heavy atom. The average molecular weight is 236 g/mol. The second-order valence-corrected chi connectivity index (χ2v) is 3.85. The molecule has 0 unspecified atom stereocenters. The molecule has 5 heteroatoms. The largest absolute Gasteiger partial charge is 0.326 e. The number of hydrogen-bond donors (Lipinski definition) is 2. The van der Waals surface area contributed by atoms with E-state index in [0.29, 0.717) is 17.7 Å². The molecule has 17 heavy (non-hydrogen) atoms. The fraction of sp³-hybridized carbons (Fsp3) is 0.417. The van der Waals surface area contributed by atoms with Crippen LogP contribution in [0.1, 0.15) is 37.4 Å². The third kappa shape index (κ3) is 3.86. The Morgan fingerprint density at radius 2 is 2.00 bits per heavy atom. The third-order valence-corrected chi connectivity index (χ3v) is 2.43. The first-order chi connectivity index (χ1) is 8.04. The van der Waals surface area contributed by atoms with Gasteiger partial charge < -0.3 is 4.98 Å². The van der Waals surface area contributed by atoms with Crippen molar-refractivity contribution < 1.29 is 4.79 Å². The lowest BCUT2D eigenvalue weighted by atomic mass is 10.1. The summed E-state index contributed by atoms with van der Waals surface area (Å²) in [5.74, 6) is -0.00705. The van der Waals surface area contributed by atoms with Crippen LogP contribution < -0.4 is 11.2 Å². The highest BCUT2D eigenvalue weighted by atomic mass is 16.2. The minimum atomic E-state index is -0.568. The molecule has 1 aromatic heterocycles. The van der Waals surface area contributed by atoms with Crippen LogP contribution in [0.4, 0.5) is 0 Å². The van der Waals surface area contributed by atoms with Crippen LogP contribution in [-0.4, -0.2) is 15.8 Å². The number of ketones is 1. The van der Waals surface area contributed by atoms with E-state index in [0.717, 1.165) is 12.8 Å². The Labute approximate surface area is 98.6 Å². The van der Waals surface area contributed by atoms with Crippen molar-refractivity contribution in [2.75, 3.05) is 0 Å². The fourth-order valence-corrected chi connectivity index (χ4v) is 1.34. The Bertz CT molecular complexity index is 537. The Morgan fingerprint density at radius 1 is 1.29 bits per heavy atom. The van der Waals surface area contributed by atoms with Gasteiger partial charge in [-0.2, -0.15) is 0 Å². The summed E-state index contributed by atoms with van der Waals surface area (Å²) in [5, 5.41) is 0. The number of unbranched alkanes of at least 4 members (excludes halogenated alkanes) is 1. The number of nitrogens with one attached hydrogen (secondary N) is 2. The van der Waals surface area contributed by atoms with Gasteiger partial charge in [-0.25, -0.2) is 4.79 Å². The van der Waals surface area contributed by atoms with Crippen molar-refractivity contribution in [3.63, 3.8) is 0 Å². The monoisotopic (exact) mass is 236 g/mol. The van der Waals surface area contributed by atoms with E-state index in [9.17, 15) is 14.4 Å². The fourth-order valence-electron chi connectivity index (χ4n) is 1.34. The summed E-state index contributed by atoms with van der Waals surface area (Å²) in [7, 11) is 0. The minimum absolute atomic E-state index is 0.00705. The van der Waals surface area contributed by atoms with E-state index in [4.69, 9.17) is 0 Å². The van der Waals surface area contributed by atoms with Crippen molar-refractivity contribution in [3.05, 3.63) is 38.2 Å². The van der Waals surface area contributed by atoms with Gasteiger partial charge in [0.15, 0.2) is 5.78 Å². The molecule has 0 spiro atoms. The highest BCUT2D eigenvalue weighted by Crippen LogP contribution is 2.01. The second-order valence-electron chi connectivity index (χ2n) is 3.85. The Hall–Kier alpha value is -1.91. The molecule has 0 amide bonds. The van der Waals surface area contributed by atoms with Crippen molar-refractivity contribution in [1.29, 1.82) is 0 Å². The summed E-state index contributed by atoms with van der Waals surface area (Å²) in [6, 6.07) is 0. The molecule has 5 nitrogen and oxygen atoms in total. The van der Waals surface area contributed by atoms with E-state index in [1.807, 2.05) is 6.92 Å². The van der Waals surface area contributed by atoms with Crippen molar-refractivity contribution in [2.45, 2.75) is 33.1 Å². The van der Waals surface area contributed by atoms with E-state index >= 15 is 0 Å². The van der Waals surface area contributed by atoms with Gasteiger partial charge in [-0.1, -0.05) is 13.3 Å². The van der Waals surface area contributed by atoms with Gasteiger partial charge in [0.1, 0.15) is 0 Å². The van der Waals surface area contributed by atoms with Crippen LogP contribution in [0.5, 0.6) is 0 Å². The molecule has 1 heterocycles. The maximum absolute atomic E-state index is 11.4. The van der Waals surface area contributed by atoms with Gasteiger partial charge >= 0.3 is 5.69 Å². The second kappa shape index (κ2) is 5.98. The van der Waals surface area contributed by atoms with Crippen LogP contribution in [0.25, 0.3) is 6.08 Å². The van der Waals surface area contributed by atoms with Crippen LogP contribution in [0.2, 0.25) is 0 Å². The molecule has 0 atom stereocenters. The van der Waals surface area contributed by atoms with Crippen LogP contribution in [-0.2, 0) is 4.79 Å². The topological polar surface area (TPSA) is 82.8 Å². The molecule has 0 bridgehead atoms. The Balaban J connectivity index is 2.88. The van der Waals surface area contributed by atoms with E-state index in [2.05, 4.69) is 9.97 Å². The van der Waals surface area contributed by atoms with E-state index in [-0.39, 0.29) is 5.78 Å². The first-order valence-electron chi connectivity index (χ1n) is 5.58. The SMILES string of the molecule is CCCCC(=O)/C=C/c1[nH]c(=O)[nH]c(=O)c1C. The molecule has 0 aliphatic rings. The lowest BCUT2D eigenvalue weighted by Gasteiger charge is -1.97. The van der Waals surface area contributed by atoms with Crippen molar-refractivity contribution in [1.82, 2.24) is 9.97 Å². The number of H-pyrrole nitrogens is 2. The predicted octanol–water partition coefficient (Wildman–Crippen LogP) is 1.14. The molecule has 1 rings (SSSR count). The van der Waals surface area contributed by atoms with Crippen LogP contribution in [0, 0.1) is 6.92 Å². The zero-order valence-corrected chi connectivity index (χ0v) is 10.0. The van der Waals surface area contributed by atoms with Crippen molar-refractivity contribution >= 4 is 11.9 Å². The van der Waals surface area contributed by atoms with Gasteiger partial charge in [0.25, 0.3) is 5.56 Å². The smallest absolute Gasteiger partial charge is 0.307 e. The van der Waals surface area contributed by atoms with Crippen LogP contribution >= 0.6 is 0 Å². The molecule has 92 valence electrons. The van der Waals surface area contributed by atoms with E-state index in [1.54, 1.807) is 6.92 Å². The normalized spacial score (nSPS) is 10.9. The van der Waals surface area contributed by atoms with Gasteiger partial charge in [-0.15, -0.1) is 0 Å². The molecule has 0 aliphatic carbocycles. The molecule has 0 fully saturated rings. The van der Waals surface area contributed by atoms with Crippen molar-refractivity contribution in [2.24, 2.45) is 0 Å². The zero-order valence-electron chi connectivity index (χ0n) is 10.0. The number of hydrogen-bond acceptors (Lipinski definition) is 3. The lowest BCUT2D eigenvalue weighted by Crippen LogP contribution is -2.25. The summed E-state index contributed by atoms with van der Waals surface area (Å²) in [5.41, 5.74) is -0.233. The van der Waals surface area contributed by atoms with Crippen LogP contribution in [0.3, 0.4) is 0 Å². The highest BCUT2D eigenvalue weighted by Gasteiger charge is 2.02. The molecule has 0 aromatic carbocycles. The Kier molecular flexibility index (Phi) is 4.63. The summed E-state index contributed by atoms with van der Waals surface area (Å²) in [6.45, 7) is 3.60. The van der Waals surface area contributed by atoms with Gasteiger partial charge in [0, 0.05) is 12.0 Å². The predicted molar refractivity (Wildman–Crippen MR) is 66.0 cm³/mol. The quantitative estimate of drug-likeness (QED) is 0.752. The van der Waals surface area contributed by atoms with Crippen LogP contribution in [0.15, 0.2) is 15.7 Å². The third-order valence-electron chi connectivity index (χ3n) is 2.43.